The fraction of sp³-hybridized carbons (Fsp3) is 0.368. The Kier molecular flexibility index (Phi) is 3.83. The molecule has 2 heteroatoms. The van der Waals surface area contributed by atoms with Crippen molar-refractivity contribution in [1.82, 2.24) is 5.32 Å². The second-order valence-electron chi connectivity index (χ2n) is 6.54. The van der Waals surface area contributed by atoms with Gasteiger partial charge in [-0.3, -0.25) is 0 Å². The molecule has 2 aromatic rings. The fourth-order valence-electron chi connectivity index (χ4n) is 3.48. The molecule has 0 fully saturated rings. The lowest BCUT2D eigenvalue weighted by atomic mass is 9.86. The van der Waals surface area contributed by atoms with Crippen molar-refractivity contribution in [1.29, 1.82) is 0 Å². The van der Waals surface area contributed by atoms with E-state index in [1.165, 1.54) is 11.1 Å². The van der Waals surface area contributed by atoms with Crippen LogP contribution in [0.15, 0.2) is 54.6 Å². The highest BCUT2D eigenvalue weighted by molar-refractivity contribution is 5.41. The third kappa shape index (κ3) is 2.74. The van der Waals surface area contributed by atoms with Crippen LogP contribution in [0, 0.1) is 0 Å². The van der Waals surface area contributed by atoms with Gasteiger partial charge >= 0.3 is 0 Å². The van der Waals surface area contributed by atoms with Crippen LogP contribution in [0.3, 0.4) is 0 Å². The smallest absolute Gasteiger partial charge is 0.0626 e. The third-order valence-corrected chi connectivity index (χ3v) is 4.57. The van der Waals surface area contributed by atoms with Crippen molar-refractivity contribution in [3.05, 3.63) is 71.3 Å². The van der Waals surface area contributed by atoms with Gasteiger partial charge in [0.2, 0.25) is 0 Å². The lowest BCUT2D eigenvalue weighted by molar-refractivity contribution is 0.229. The highest BCUT2D eigenvalue weighted by atomic mass is 16.3. The maximum Gasteiger partial charge on any atom is 0.0626 e. The highest BCUT2D eigenvalue weighted by Gasteiger charge is 2.37. The second-order valence-corrected chi connectivity index (χ2v) is 6.54. The van der Waals surface area contributed by atoms with E-state index < -0.39 is 0 Å². The van der Waals surface area contributed by atoms with E-state index in [0.29, 0.717) is 6.04 Å². The highest BCUT2D eigenvalue weighted by Crippen LogP contribution is 2.45. The molecule has 0 saturated heterocycles. The van der Waals surface area contributed by atoms with Crippen LogP contribution in [0.4, 0.5) is 0 Å². The molecule has 0 bridgehead atoms. The van der Waals surface area contributed by atoms with E-state index >= 15 is 0 Å². The molecule has 2 aromatic carbocycles. The molecule has 0 spiro atoms. The first kappa shape index (κ1) is 14.3. The van der Waals surface area contributed by atoms with Crippen LogP contribution in [-0.2, 0) is 5.41 Å². The Morgan fingerprint density at radius 1 is 1.10 bits per heavy atom. The fourth-order valence-corrected chi connectivity index (χ4v) is 3.48. The van der Waals surface area contributed by atoms with Crippen molar-refractivity contribution in [2.75, 3.05) is 6.61 Å². The van der Waals surface area contributed by atoms with Gasteiger partial charge in [-0.25, -0.2) is 0 Å². The van der Waals surface area contributed by atoms with Gasteiger partial charge in [0.05, 0.1) is 12.6 Å². The largest absolute Gasteiger partial charge is 0.394 e. The van der Waals surface area contributed by atoms with Gasteiger partial charge in [0, 0.05) is 6.04 Å². The molecule has 1 aliphatic carbocycles. The Morgan fingerprint density at radius 2 is 1.76 bits per heavy atom. The minimum Gasteiger partial charge on any atom is -0.394 e. The number of aliphatic hydroxyl groups excluding tert-OH is 1. The number of benzene rings is 2. The Balaban J connectivity index is 1.86. The molecule has 0 radical (unpaired) electrons. The maximum atomic E-state index is 9.76. The van der Waals surface area contributed by atoms with E-state index in [-0.39, 0.29) is 18.1 Å². The predicted octanol–water partition coefficient (Wildman–Crippen LogP) is 3.73. The molecule has 0 heterocycles. The third-order valence-electron chi connectivity index (χ3n) is 4.57. The van der Waals surface area contributed by atoms with Crippen molar-refractivity contribution in [2.45, 2.75) is 37.8 Å². The summed E-state index contributed by atoms with van der Waals surface area (Å²) >= 11 is 0. The summed E-state index contributed by atoms with van der Waals surface area (Å²) in [5.74, 6) is 0. The van der Waals surface area contributed by atoms with E-state index in [1.807, 2.05) is 18.2 Å². The monoisotopic (exact) mass is 281 g/mol. The molecule has 3 rings (SSSR count). The second kappa shape index (κ2) is 5.63. The van der Waals surface area contributed by atoms with Crippen LogP contribution in [0.5, 0.6) is 0 Å². The molecule has 21 heavy (non-hydrogen) atoms. The number of fused-ring (bicyclic) bond motifs is 1. The average Bonchev–Trinajstić information content (AvgIpc) is 2.77. The molecule has 110 valence electrons. The molecule has 2 atom stereocenters. The minimum absolute atomic E-state index is 0.0156. The molecule has 1 aliphatic rings. The topological polar surface area (TPSA) is 32.3 Å². The number of hydrogen-bond acceptors (Lipinski definition) is 2. The quantitative estimate of drug-likeness (QED) is 0.895. The Labute approximate surface area is 126 Å². The van der Waals surface area contributed by atoms with E-state index in [2.05, 4.69) is 55.6 Å². The zero-order chi connectivity index (χ0) is 14.9. The van der Waals surface area contributed by atoms with Gasteiger partial charge in [0.1, 0.15) is 0 Å². The Morgan fingerprint density at radius 3 is 2.48 bits per heavy atom. The molecular weight excluding hydrogens is 258 g/mol. The summed E-state index contributed by atoms with van der Waals surface area (Å²) in [6.07, 6.45) is 1.07. The van der Waals surface area contributed by atoms with Crippen LogP contribution in [0.2, 0.25) is 0 Å². The van der Waals surface area contributed by atoms with Gasteiger partial charge in [-0.15, -0.1) is 0 Å². The van der Waals surface area contributed by atoms with Crippen molar-refractivity contribution in [3.8, 4) is 0 Å². The summed E-state index contributed by atoms with van der Waals surface area (Å²) in [7, 11) is 0. The van der Waals surface area contributed by atoms with Crippen LogP contribution >= 0.6 is 0 Å². The van der Waals surface area contributed by atoms with Crippen molar-refractivity contribution in [2.24, 2.45) is 0 Å². The molecule has 2 nitrogen and oxygen atoms in total. The molecule has 2 N–H and O–H groups in total. The molecule has 0 aromatic heterocycles. The van der Waals surface area contributed by atoms with Crippen LogP contribution < -0.4 is 5.32 Å². The maximum absolute atomic E-state index is 9.76. The summed E-state index contributed by atoms with van der Waals surface area (Å²) in [5, 5.41) is 13.4. The van der Waals surface area contributed by atoms with Gasteiger partial charge in [-0.05, 0) is 28.5 Å². The summed E-state index contributed by atoms with van der Waals surface area (Å²) < 4.78 is 0. The molecule has 0 amide bonds. The first-order chi connectivity index (χ1) is 10.1. The SMILES string of the molecule is CC1(C)C[C@H](NC(CO)c2ccccc2)c2ccccc21. The van der Waals surface area contributed by atoms with Crippen molar-refractivity contribution >= 4 is 0 Å². The van der Waals surface area contributed by atoms with Gasteiger partial charge in [-0.2, -0.15) is 0 Å². The number of hydrogen-bond donors (Lipinski definition) is 2. The first-order valence-corrected chi connectivity index (χ1v) is 7.63. The zero-order valence-corrected chi connectivity index (χ0v) is 12.7. The van der Waals surface area contributed by atoms with E-state index in [9.17, 15) is 5.11 Å². The van der Waals surface area contributed by atoms with E-state index in [4.69, 9.17) is 0 Å². The van der Waals surface area contributed by atoms with Gasteiger partial charge < -0.3 is 10.4 Å². The lowest BCUT2D eigenvalue weighted by Gasteiger charge is -2.24. The Bertz CT molecular complexity index is 606. The van der Waals surface area contributed by atoms with Gasteiger partial charge in [0.15, 0.2) is 0 Å². The van der Waals surface area contributed by atoms with Crippen molar-refractivity contribution < 1.29 is 5.11 Å². The molecule has 0 saturated carbocycles. The molecular formula is C19H23NO. The van der Waals surface area contributed by atoms with Gasteiger partial charge in [-0.1, -0.05) is 68.4 Å². The number of rotatable bonds is 4. The van der Waals surface area contributed by atoms with Crippen molar-refractivity contribution in [3.63, 3.8) is 0 Å². The summed E-state index contributed by atoms with van der Waals surface area (Å²) in [6, 6.07) is 19.1. The summed E-state index contributed by atoms with van der Waals surface area (Å²) in [5.41, 5.74) is 4.12. The van der Waals surface area contributed by atoms with Gasteiger partial charge in [0.25, 0.3) is 0 Å². The average molecular weight is 281 g/mol. The Hall–Kier alpha value is -1.64. The van der Waals surface area contributed by atoms with Crippen LogP contribution in [0.25, 0.3) is 0 Å². The predicted molar refractivity (Wildman–Crippen MR) is 86.2 cm³/mol. The zero-order valence-electron chi connectivity index (χ0n) is 12.7. The summed E-state index contributed by atoms with van der Waals surface area (Å²) in [4.78, 5) is 0. The number of aliphatic hydroxyl groups is 1. The minimum atomic E-state index is -0.0156. The molecule has 1 unspecified atom stereocenters. The normalized spacial score (nSPS) is 21.0. The lowest BCUT2D eigenvalue weighted by Crippen LogP contribution is -2.28. The van der Waals surface area contributed by atoms with Crippen LogP contribution in [-0.4, -0.2) is 11.7 Å². The summed E-state index contributed by atoms with van der Waals surface area (Å²) in [6.45, 7) is 4.71. The number of nitrogens with one attached hydrogen (secondary N) is 1. The van der Waals surface area contributed by atoms with E-state index in [0.717, 1.165) is 12.0 Å². The first-order valence-electron chi connectivity index (χ1n) is 7.63. The molecule has 0 aliphatic heterocycles. The standard InChI is InChI=1S/C19H23NO/c1-19(2)12-17(15-10-6-7-11-16(15)19)20-18(13-21)14-8-4-3-5-9-14/h3-11,17-18,20-21H,12-13H2,1-2H3/t17-,18?/m0/s1. The van der Waals surface area contributed by atoms with E-state index in [1.54, 1.807) is 0 Å². The van der Waals surface area contributed by atoms with Crippen LogP contribution in [0.1, 0.15) is 49.0 Å².